The fourth-order valence-corrected chi connectivity index (χ4v) is 3.21. The van der Waals surface area contributed by atoms with Gasteiger partial charge in [0.15, 0.2) is 5.96 Å². The Hall–Kier alpha value is -2.68. The van der Waals surface area contributed by atoms with Crippen LogP contribution in [0.1, 0.15) is 22.3 Å². The lowest BCUT2D eigenvalue weighted by molar-refractivity contribution is 0.625. The van der Waals surface area contributed by atoms with Crippen LogP contribution in [0.3, 0.4) is 0 Å². The highest BCUT2D eigenvalue weighted by Gasteiger charge is 2.03. The molecule has 5 nitrogen and oxygen atoms in total. The Bertz CT molecular complexity index is 1060. The molecule has 0 aliphatic heterocycles. The van der Waals surface area contributed by atoms with Crippen LogP contribution in [0.2, 0.25) is 0 Å². The lowest BCUT2D eigenvalue weighted by Crippen LogP contribution is -2.37. The number of aryl methyl sites for hydroxylation is 1. The zero-order valence-corrected chi connectivity index (χ0v) is 20.1. The summed E-state index contributed by atoms with van der Waals surface area (Å²) < 4.78 is 14.9. The van der Waals surface area contributed by atoms with Crippen molar-refractivity contribution < 1.29 is 4.39 Å². The van der Waals surface area contributed by atoms with Crippen LogP contribution in [0.25, 0.3) is 0 Å². The van der Waals surface area contributed by atoms with Gasteiger partial charge in [0, 0.05) is 32.4 Å². The number of guanidine groups is 1. The summed E-state index contributed by atoms with van der Waals surface area (Å²) in [4.78, 5) is 16.1. The molecule has 0 atom stereocenters. The Morgan fingerprint density at radius 3 is 2.45 bits per heavy atom. The molecular weight excluding hydrogens is 506 g/mol. The molecule has 0 unspecified atom stereocenters. The molecule has 0 aliphatic rings. The summed E-state index contributed by atoms with van der Waals surface area (Å²) in [5.41, 5.74) is 4.26. The number of benzene rings is 2. The van der Waals surface area contributed by atoms with Gasteiger partial charge in [0.25, 0.3) is 5.56 Å². The van der Waals surface area contributed by atoms with Crippen molar-refractivity contribution in [2.75, 3.05) is 13.6 Å². The molecule has 164 valence electrons. The van der Waals surface area contributed by atoms with E-state index in [-0.39, 0.29) is 35.4 Å². The average Bonchev–Trinajstić information content (AvgIpc) is 2.74. The second-order valence-electron chi connectivity index (χ2n) is 7.16. The van der Waals surface area contributed by atoms with Crippen molar-refractivity contribution >= 4 is 29.9 Å². The smallest absolute Gasteiger partial charge is 0.250 e. The van der Waals surface area contributed by atoms with Crippen LogP contribution < -0.4 is 16.2 Å². The van der Waals surface area contributed by atoms with Gasteiger partial charge in [0.1, 0.15) is 5.82 Å². The van der Waals surface area contributed by atoms with E-state index in [1.807, 2.05) is 43.3 Å². The molecule has 0 aliphatic carbocycles. The average molecular weight is 534 g/mol. The molecule has 31 heavy (non-hydrogen) atoms. The Balaban J connectivity index is 0.00000341. The number of hydrogen-bond donors (Lipinski definition) is 2. The van der Waals surface area contributed by atoms with E-state index >= 15 is 0 Å². The Kier molecular flexibility index (Phi) is 9.71. The molecule has 3 rings (SSSR count). The van der Waals surface area contributed by atoms with Crippen molar-refractivity contribution in [2.45, 2.75) is 26.4 Å². The van der Waals surface area contributed by atoms with Gasteiger partial charge in [-0.2, -0.15) is 0 Å². The second-order valence-corrected chi connectivity index (χ2v) is 7.16. The largest absolute Gasteiger partial charge is 0.356 e. The minimum atomic E-state index is -0.205. The molecule has 2 N–H and O–H groups in total. The first kappa shape index (κ1) is 24.6. The highest BCUT2D eigenvalue weighted by molar-refractivity contribution is 14.0. The van der Waals surface area contributed by atoms with Crippen molar-refractivity contribution in [3.8, 4) is 0 Å². The minimum absolute atomic E-state index is 0. The highest BCUT2D eigenvalue weighted by atomic mass is 127. The summed E-state index contributed by atoms with van der Waals surface area (Å²) in [5, 5.41) is 6.59. The summed E-state index contributed by atoms with van der Waals surface area (Å²) >= 11 is 0. The third kappa shape index (κ3) is 7.50. The Morgan fingerprint density at radius 1 is 1.03 bits per heavy atom. The molecule has 0 saturated carbocycles. The minimum Gasteiger partial charge on any atom is -0.356 e. The summed E-state index contributed by atoms with van der Waals surface area (Å²) in [7, 11) is 1.74. The van der Waals surface area contributed by atoms with Crippen LogP contribution in [-0.4, -0.2) is 24.1 Å². The van der Waals surface area contributed by atoms with Gasteiger partial charge in [-0.25, -0.2) is 4.39 Å². The van der Waals surface area contributed by atoms with E-state index in [2.05, 4.69) is 15.6 Å². The van der Waals surface area contributed by atoms with E-state index in [0.29, 0.717) is 19.6 Å². The number of pyridine rings is 1. The number of hydrogen-bond acceptors (Lipinski definition) is 2. The number of aromatic nitrogens is 1. The molecule has 7 heteroatoms. The predicted octanol–water partition coefficient (Wildman–Crippen LogP) is 3.87. The first-order chi connectivity index (χ1) is 14.5. The quantitative estimate of drug-likeness (QED) is 0.275. The summed E-state index contributed by atoms with van der Waals surface area (Å²) in [5.74, 6) is 0.512. The Labute approximate surface area is 199 Å². The lowest BCUT2D eigenvalue weighted by atomic mass is 10.1. The van der Waals surface area contributed by atoms with Crippen LogP contribution in [0.4, 0.5) is 4.39 Å². The van der Waals surface area contributed by atoms with E-state index in [1.165, 1.54) is 6.07 Å². The van der Waals surface area contributed by atoms with Gasteiger partial charge in [0.2, 0.25) is 0 Å². The maximum absolute atomic E-state index is 13.2. The highest BCUT2D eigenvalue weighted by Crippen LogP contribution is 2.10. The molecule has 2 aromatic carbocycles. The van der Waals surface area contributed by atoms with E-state index in [4.69, 9.17) is 0 Å². The van der Waals surface area contributed by atoms with Gasteiger partial charge in [-0.15, -0.1) is 24.0 Å². The molecule has 0 spiro atoms. The SMILES string of the molecule is CN=C(NCCc1ccc(F)cc1C)NCc1ccc(Cn2ccccc2=O)cc1.I. The van der Waals surface area contributed by atoms with Gasteiger partial charge in [-0.3, -0.25) is 9.79 Å². The van der Waals surface area contributed by atoms with Crippen molar-refractivity contribution in [3.05, 3.63) is 105 Å². The van der Waals surface area contributed by atoms with Gasteiger partial charge < -0.3 is 15.2 Å². The van der Waals surface area contributed by atoms with Crippen molar-refractivity contribution in [1.29, 1.82) is 0 Å². The van der Waals surface area contributed by atoms with Crippen LogP contribution in [0.15, 0.2) is 76.6 Å². The fourth-order valence-electron chi connectivity index (χ4n) is 3.21. The molecule has 0 radical (unpaired) electrons. The number of aliphatic imine (C=N–C) groups is 1. The van der Waals surface area contributed by atoms with Crippen LogP contribution in [0, 0.1) is 12.7 Å². The maximum atomic E-state index is 13.2. The van der Waals surface area contributed by atoms with Crippen LogP contribution >= 0.6 is 24.0 Å². The number of rotatable bonds is 7. The molecule has 0 amide bonds. The molecule has 1 heterocycles. The van der Waals surface area contributed by atoms with Crippen molar-refractivity contribution in [2.24, 2.45) is 4.99 Å². The Morgan fingerprint density at radius 2 is 1.77 bits per heavy atom. The fraction of sp³-hybridized carbons (Fsp3) is 0.250. The number of nitrogens with one attached hydrogen (secondary N) is 2. The van der Waals surface area contributed by atoms with E-state index < -0.39 is 0 Å². The molecule has 3 aromatic rings. The van der Waals surface area contributed by atoms with Crippen molar-refractivity contribution in [1.82, 2.24) is 15.2 Å². The van der Waals surface area contributed by atoms with E-state index in [0.717, 1.165) is 34.6 Å². The summed E-state index contributed by atoms with van der Waals surface area (Å²) in [6.45, 7) is 3.82. The maximum Gasteiger partial charge on any atom is 0.250 e. The van der Waals surface area contributed by atoms with Crippen LogP contribution in [-0.2, 0) is 19.5 Å². The predicted molar refractivity (Wildman–Crippen MR) is 135 cm³/mol. The summed E-state index contributed by atoms with van der Waals surface area (Å²) in [6.07, 6.45) is 2.58. The normalized spacial score (nSPS) is 11.0. The standard InChI is InChI=1S/C24H27FN4O.HI/c1-18-15-22(25)11-10-21(18)12-13-27-24(26-2)28-16-19-6-8-20(9-7-19)17-29-14-4-3-5-23(29)30;/h3-11,14-15H,12-13,16-17H2,1-2H3,(H2,26,27,28);1H. The zero-order valence-electron chi connectivity index (χ0n) is 17.8. The summed E-state index contributed by atoms with van der Waals surface area (Å²) in [6, 6.07) is 18.2. The molecule has 0 saturated heterocycles. The number of halogens is 2. The van der Waals surface area contributed by atoms with Crippen LogP contribution in [0.5, 0.6) is 0 Å². The first-order valence-electron chi connectivity index (χ1n) is 9.98. The zero-order chi connectivity index (χ0) is 21.3. The van der Waals surface area contributed by atoms with Crippen molar-refractivity contribution in [3.63, 3.8) is 0 Å². The third-order valence-corrected chi connectivity index (χ3v) is 4.95. The molecular formula is C24H28FIN4O. The van der Waals surface area contributed by atoms with E-state index in [9.17, 15) is 9.18 Å². The van der Waals surface area contributed by atoms with Gasteiger partial charge in [-0.1, -0.05) is 36.4 Å². The molecule has 0 bridgehead atoms. The third-order valence-electron chi connectivity index (χ3n) is 4.95. The number of nitrogens with zero attached hydrogens (tertiary/aromatic N) is 2. The second kappa shape index (κ2) is 12.2. The van der Waals surface area contributed by atoms with Gasteiger partial charge in [0.05, 0.1) is 6.54 Å². The lowest BCUT2D eigenvalue weighted by Gasteiger charge is -2.13. The molecule has 0 fully saturated rings. The first-order valence-corrected chi connectivity index (χ1v) is 9.98. The topological polar surface area (TPSA) is 58.4 Å². The van der Waals surface area contributed by atoms with Gasteiger partial charge in [-0.05, 0) is 53.8 Å². The monoisotopic (exact) mass is 534 g/mol. The van der Waals surface area contributed by atoms with Gasteiger partial charge >= 0.3 is 0 Å². The molecule has 1 aromatic heterocycles. The van der Waals surface area contributed by atoms with E-state index in [1.54, 1.807) is 36.0 Å².